The molecule has 0 atom stereocenters. The Morgan fingerprint density at radius 2 is 0.766 bits per heavy atom. The molecule has 0 N–H and O–H groups in total. The van der Waals surface area contributed by atoms with Crippen LogP contribution in [0.3, 0.4) is 0 Å². The Morgan fingerprint density at radius 1 is 0.312 bits per heavy atom. The van der Waals surface area contributed by atoms with Gasteiger partial charge in [-0.25, -0.2) is 0 Å². The first kappa shape index (κ1) is 37.7. The summed E-state index contributed by atoms with van der Waals surface area (Å²) in [6.45, 7) is 8.58. The van der Waals surface area contributed by atoms with Gasteiger partial charge in [-0.1, -0.05) is 91.0 Å². The SMILES string of the molecule is Cc1cccc(N(c2cccc(C)c2)c2ccc3cc4c(cc3c2)oc2c(-c3ccccc3)c3c(cc24)oc2cc4cc(N(c5cccc(C)c5)c5cccc(C)c5)ccc4cc23)c1. The van der Waals surface area contributed by atoms with Crippen LogP contribution < -0.4 is 9.80 Å². The Labute approximate surface area is 371 Å². The number of hydrogen-bond acceptors (Lipinski definition) is 4. The van der Waals surface area contributed by atoms with Crippen LogP contribution in [0.25, 0.3) is 76.5 Å². The lowest BCUT2D eigenvalue weighted by Gasteiger charge is -2.26. The topological polar surface area (TPSA) is 32.8 Å². The van der Waals surface area contributed by atoms with Crippen molar-refractivity contribution >= 4 is 99.5 Å². The van der Waals surface area contributed by atoms with Crippen LogP contribution in [0.4, 0.5) is 34.1 Å². The zero-order chi connectivity index (χ0) is 43.1. The molecule has 0 saturated carbocycles. The van der Waals surface area contributed by atoms with Crippen LogP contribution in [0, 0.1) is 27.7 Å². The summed E-state index contributed by atoms with van der Waals surface area (Å²) < 4.78 is 14.0. The van der Waals surface area contributed by atoms with Crippen LogP contribution in [0.1, 0.15) is 22.3 Å². The van der Waals surface area contributed by atoms with Crippen LogP contribution in [-0.2, 0) is 0 Å². The van der Waals surface area contributed by atoms with E-state index >= 15 is 0 Å². The van der Waals surface area contributed by atoms with Crippen molar-refractivity contribution in [2.75, 3.05) is 9.80 Å². The van der Waals surface area contributed by atoms with Crippen LogP contribution in [-0.4, -0.2) is 0 Å². The Balaban J connectivity index is 1.03. The van der Waals surface area contributed by atoms with Crippen LogP contribution >= 0.6 is 0 Å². The van der Waals surface area contributed by atoms with Gasteiger partial charge in [0.05, 0.1) is 0 Å². The molecule has 0 saturated heterocycles. The minimum atomic E-state index is 0.836. The number of aryl methyl sites for hydroxylation is 4. The molecule has 4 heteroatoms. The number of fused-ring (bicyclic) bond motifs is 8. The summed E-state index contributed by atoms with van der Waals surface area (Å²) in [5.41, 5.74) is 17.0. The molecule has 0 spiro atoms. The summed E-state index contributed by atoms with van der Waals surface area (Å²) in [5, 5.41) is 8.72. The number of nitrogens with zero attached hydrogens (tertiary/aromatic N) is 2. The number of anilines is 6. The lowest BCUT2D eigenvalue weighted by Crippen LogP contribution is -2.10. The summed E-state index contributed by atoms with van der Waals surface area (Å²) in [6, 6.07) is 70.0. The highest BCUT2D eigenvalue weighted by molar-refractivity contribution is 6.25. The summed E-state index contributed by atoms with van der Waals surface area (Å²) in [7, 11) is 0. The number of furan rings is 2. The fraction of sp³-hybridized carbons (Fsp3) is 0.0667. The number of hydrogen-bond donors (Lipinski definition) is 0. The third-order valence-corrected chi connectivity index (χ3v) is 12.7. The van der Waals surface area contributed by atoms with Crippen LogP contribution in [0.5, 0.6) is 0 Å². The van der Waals surface area contributed by atoms with E-state index in [0.717, 1.165) is 111 Å². The van der Waals surface area contributed by atoms with E-state index in [-0.39, 0.29) is 0 Å². The summed E-state index contributed by atoms with van der Waals surface area (Å²) in [6.07, 6.45) is 0. The first-order chi connectivity index (χ1) is 31.3. The molecule has 0 unspecified atom stereocenters. The maximum atomic E-state index is 7.04. The first-order valence-electron chi connectivity index (χ1n) is 22.0. The highest BCUT2D eigenvalue weighted by Gasteiger charge is 2.23. The molecular formula is C60H44N2O2. The maximum Gasteiger partial charge on any atom is 0.144 e. The molecule has 2 heterocycles. The van der Waals surface area contributed by atoms with E-state index in [0.29, 0.717) is 0 Å². The van der Waals surface area contributed by atoms with Crippen molar-refractivity contribution in [2.24, 2.45) is 0 Å². The van der Waals surface area contributed by atoms with Crippen LogP contribution in [0.15, 0.2) is 203 Å². The fourth-order valence-corrected chi connectivity index (χ4v) is 9.75. The van der Waals surface area contributed by atoms with E-state index in [1.165, 1.54) is 22.3 Å². The highest BCUT2D eigenvalue weighted by Crippen LogP contribution is 2.47. The summed E-state index contributed by atoms with van der Waals surface area (Å²) in [4.78, 5) is 4.67. The standard InChI is InChI=1S/C60H44N2O2/c1-37-12-8-18-46(26-37)61(47-19-9-13-38(2)27-47)50-24-22-42-32-52-53-36-57-59(58(41-16-6-5-7-17-41)60(53)64-55(52)34-44(42)30-50)54-33-43-23-25-51(31-45(43)35-56(54)63-57)62(48-20-10-14-39(3)28-48)49-21-11-15-40(4)29-49/h5-36H,1-4H3. The van der Waals surface area contributed by atoms with Gasteiger partial charge in [-0.3, -0.25) is 0 Å². The van der Waals surface area contributed by atoms with Gasteiger partial charge < -0.3 is 18.6 Å². The van der Waals surface area contributed by atoms with Gasteiger partial charge >= 0.3 is 0 Å². The molecule has 0 bridgehead atoms. The second-order valence-electron chi connectivity index (χ2n) is 17.4. The van der Waals surface area contributed by atoms with Crippen molar-refractivity contribution in [3.8, 4) is 11.1 Å². The van der Waals surface area contributed by atoms with Gasteiger partial charge in [0, 0.05) is 61.2 Å². The molecule has 12 rings (SSSR count). The largest absolute Gasteiger partial charge is 0.456 e. The fourth-order valence-electron chi connectivity index (χ4n) is 9.75. The predicted molar refractivity (Wildman–Crippen MR) is 270 cm³/mol. The molecule has 0 aliphatic carbocycles. The monoisotopic (exact) mass is 824 g/mol. The van der Waals surface area contributed by atoms with Crippen molar-refractivity contribution in [2.45, 2.75) is 27.7 Å². The first-order valence-corrected chi connectivity index (χ1v) is 22.0. The van der Waals surface area contributed by atoms with Crippen molar-refractivity contribution in [1.82, 2.24) is 0 Å². The minimum Gasteiger partial charge on any atom is -0.456 e. The third kappa shape index (κ3) is 6.37. The average molecular weight is 825 g/mol. The smallest absolute Gasteiger partial charge is 0.144 e. The van der Waals surface area contributed by atoms with Gasteiger partial charge in [-0.2, -0.15) is 0 Å². The maximum absolute atomic E-state index is 7.04. The molecule has 0 radical (unpaired) electrons. The molecule has 306 valence electrons. The molecule has 0 aliphatic rings. The Hall–Kier alpha value is -8.08. The quantitative estimate of drug-likeness (QED) is 0.160. The molecule has 2 aromatic heterocycles. The van der Waals surface area contributed by atoms with Gasteiger partial charge in [0.1, 0.15) is 22.3 Å². The molecule has 4 nitrogen and oxygen atoms in total. The van der Waals surface area contributed by atoms with Crippen LogP contribution in [0.2, 0.25) is 0 Å². The number of rotatable bonds is 7. The van der Waals surface area contributed by atoms with Gasteiger partial charge in [-0.05, 0) is 180 Å². The second kappa shape index (κ2) is 14.8. The van der Waals surface area contributed by atoms with E-state index in [9.17, 15) is 0 Å². The normalized spacial score (nSPS) is 11.8. The second-order valence-corrected chi connectivity index (χ2v) is 17.4. The Bertz CT molecular complexity index is 3600. The number of benzene rings is 10. The van der Waals surface area contributed by atoms with Crippen molar-refractivity contribution in [3.63, 3.8) is 0 Å². The molecule has 0 aliphatic heterocycles. The summed E-state index contributed by atoms with van der Waals surface area (Å²) in [5.74, 6) is 0. The molecular weight excluding hydrogens is 781 g/mol. The predicted octanol–water partition coefficient (Wildman–Crippen LogP) is 17.6. The van der Waals surface area contributed by atoms with E-state index in [1.807, 2.05) is 0 Å². The van der Waals surface area contributed by atoms with Gasteiger partial charge in [0.15, 0.2) is 0 Å². The molecule has 64 heavy (non-hydrogen) atoms. The van der Waals surface area contributed by atoms with E-state index in [1.54, 1.807) is 0 Å². The zero-order valence-corrected chi connectivity index (χ0v) is 36.2. The molecule has 12 aromatic rings. The molecule has 0 fully saturated rings. The zero-order valence-electron chi connectivity index (χ0n) is 36.2. The summed E-state index contributed by atoms with van der Waals surface area (Å²) >= 11 is 0. The Kier molecular flexibility index (Phi) is 8.70. The lowest BCUT2D eigenvalue weighted by molar-refractivity contribution is 0.665. The van der Waals surface area contributed by atoms with Gasteiger partial charge in [-0.15, -0.1) is 0 Å². The van der Waals surface area contributed by atoms with E-state index in [4.69, 9.17) is 8.83 Å². The van der Waals surface area contributed by atoms with Crippen molar-refractivity contribution in [1.29, 1.82) is 0 Å². The molecule has 10 aromatic carbocycles. The van der Waals surface area contributed by atoms with E-state index < -0.39 is 0 Å². The lowest BCUT2D eigenvalue weighted by atomic mass is 9.95. The van der Waals surface area contributed by atoms with Crippen molar-refractivity contribution in [3.05, 3.63) is 216 Å². The average Bonchev–Trinajstić information content (AvgIpc) is 3.83. The highest BCUT2D eigenvalue weighted by atomic mass is 16.3. The van der Waals surface area contributed by atoms with Crippen molar-refractivity contribution < 1.29 is 8.83 Å². The van der Waals surface area contributed by atoms with Gasteiger partial charge in [0.2, 0.25) is 0 Å². The molecule has 0 amide bonds. The third-order valence-electron chi connectivity index (χ3n) is 12.7. The minimum absolute atomic E-state index is 0.836. The van der Waals surface area contributed by atoms with E-state index in [2.05, 4.69) is 232 Å². The van der Waals surface area contributed by atoms with Gasteiger partial charge in [0.25, 0.3) is 0 Å². The Morgan fingerprint density at radius 3 is 1.25 bits per heavy atom.